The molecular formula is C78H88N2O11. The molecule has 0 spiro atoms. The molecule has 0 saturated heterocycles. The second kappa shape index (κ2) is 29.7. The average molecular weight is 1230 g/mol. The summed E-state index contributed by atoms with van der Waals surface area (Å²) in [4.78, 5) is 4.58. The lowest BCUT2D eigenvalue weighted by atomic mass is 9.74. The zero-order valence-corrected chi connectivity index (χ0v) is 54.0. The molecule has 8 aromatic carbocycles. The average Bonchev–Trinajstić information content (AvgIpc) is 0.722. The maximum atomic E-state index is 7.44. The molecule has 3 heterocycles. The van der Waals surface area contributed by atoms with Crippen LogP contribution < -0.4 is 28.7 Å². The molecule has 1 aliphatic carbocycles. The summed E-state index contributed by atoms with van der Waals surface area (Å²) in [7, 11) is 4.30. The Balaban J connectivity index is 1.12. The van der Waals surface area contributed by atoms with Crippen molar-refractivity contribution in [2.24, 2.45) is 0 Å². The first-order chi connectivity index (χ1) is 44.8. The minimum Gasteiger partial charge on any atom is -0.493 e. The fourth-order valence-corrected chi connectivity index (χ4v) is 14.0. The molecule has 13 nitrogen and oxygen atoms in total. The van der Waals surface area contributed by atoms with Crippen LogP contribution in [0, 0.1) is 0 Å². The van der Waals surface area contributed by atoms with Crippen LogP contribution in [0.25, 0.3) is 0 Å². The van der Waals surface area contributed by atoms with Crippen LogP contribution in [0.1, 0.15) is 118 Å². The van der Waals surface area contributed by atoms with Crippen LogP contribution in [0.5, 0.6) is 23.0 Å². The summed E-state index contributed by atoms with van der Waals surface area (Å²) < 4.78 is 73.9. The highest BCUT2D eigenvalue weighted by molar-refractivity contribution is 5.81. The van der Waals surface area contributed by atoms with Crippen molar-refractivity contribution >= 4 is 22.7 Å². The summed E-state index contributed by atoms with van der Waals surface area (Å²) >= 11 is 0. The first kappa shape index (κ1) is 63.4. The maximum absolute atomic E-state index is 7.44. The van der Waals surface area contributed by atoms with Gasteiger partial charge in [-0.25, -0.2) is 0 Å². The van der Waals surface area contributed by atoms with E-state index < -0.39 is 11.2 Å². The van der Waals surface area contributed by atoms with Crippen molar-refractivity contribution in [3.63, 3.8) is 0 Å². The predicted octanol–water partition coefficient (Wildman–Crippen LogP) is 14.6. The van der Waals surface area contributed by atoms with E-state index in [9.17, 15) is 0 Å². The van der Waals surface area contributed by atoms with Gasteiger partial charge in [0.25, 0.3) is 0 Å². The molecule has 0 amide bonds. The van der Waals surface area contributed by atoms with Crippen molar-refractivity contribution in [3.05, 3.63) is 236 Å². The van der Waals surface area contributed by atoms with Crippen molar-refractivity contribution in [3.8, 4) is 23.0 Å². The first-order valence-electron chi connectivity index (χ1n) is 32.9. The van der Waals surface area contributed by atoms with Crippen LogP contribution in [0.3, 0.4) is 0 Å². The maximum Gasteiger partial charge on any atom is 0.147 e. The van der Waals surface area contributed by atoms with Gasteiger partial charge < -0.3 is 61.9 Å². The molecule has 0 aromatic heterocycles. The Morgan fingerprint density at radius 3 is 0.890 bits per heavy atom. The third-order valence-corrected chi connectivity index (χ3v) is 17.8. The number of hydrogen-bond donors (Lipinski definition) is 0. The predicted molar refractivity (Wildman–Crippen MR) is 359 cm³/mol. The molecule has 3 aliphatic heterocycles. The van der Waals surface area contributed by atoms with E-state index in [1.807, 2.05) is 0 Å². The van der Waals surface area contributed by atoms with E-state index >= 15 is 0 Å². The van der Waals surface area contributed by atoms with Gasteiger partial charge in [-0.15, -0.1) is 0 Å². The second-order valence-corrected chi connectivity index (χ2v) is 23.6. The van der Waals surface area contributed by atoms with Crippen molar-refractivity contribution in [1.29, 1.82) is 0 Å². The van der Waals surface area contributed by atoms with E-state index in [1.54, 1.807) is 0 Å². The molecule has 0 saturated carbocycles. The van der Waals surface area contributed by atoms with Crippen LogP contribution in [0.15, 0.2) is 158 Å². The molecule has 0 unspecified atom stereocenters. The fraction of sp³-hybridized carbons (Fsp3) is 0.385. The van der Waals surface area contributed by atoms with Gasteiger partial charge in [-0.2, -0.15) is 0 Å². The van der Waals surface area contributed by atoms with Gasteiger partial charge in [0.05, 0.1) is 79.3 Å². The van der Waals surface area contributed by atoms with Gasteiger partial charge in [-0.3, -0.25) is 0 Å². The van der Waals surface area contributed by atoms with Crippen LogP contribution in [0.4, 0.5) is 22.7 Å². The molecule has 0 atom stereocenters. The van der Waals surface area contributed by atoms with Crippen LogP contribution >= 0.6 is 0 Å². The number of fused-ring (bicyclic) bond motifs is 6. The highest BCUT2D eigenvalue weighted by atomic mass is 16.6. The second-order valence-electron chi connectivity index (χ2n) is 23.6. The van der Waals surface area contributed by atoms with E-state index in [2.05, 4.69) is 209 Å². The highest BCUT2D eigenvalue weighted by Crippen LogP contribution is 2.56. The molecule has 0 N–H and O–H groups in total. The summed E-state index contributed by atoms with van der Waals surface area (Å²) in [5.41, 5.74) is 16.6. The fourth-order valence-electron chi connectivity index (χ4n) is 14.0. The molecular weight excluding hydrogens is 1140 g/mol. The van der Waals surface area contributed by atoms with E-state index in [1.165, 1.54) is 0 Å². The van der Waals surface area contributed by atoms with Crippen molar-refractivity contribution in [2.75, 3.05) is 130 Å². The Morgan fingerprint density at radius 1 is 0.341 bits per heavy atom. The molecule has 0 radical (unpaired) electrons. The van der Waals surface area contributed by atoms with Gasteiger partial charge in [0.1, 0.15) is 47.4 Å². The normalized spacial score (nSPS) is 16.9. The number of anilines is 4. The first-order valence-corrected chi connectivity index (χ1v) is 32.9. The molecule has 13 heteroatoms. The molecule has 91 heavy (non-hydrogen) atoms. The Morgan fingerprint density at radius 2 is 0.615 bits per heavy atom. The summed E-state index contributed by atoms with van der Waals surface area (Å²) in [6.07, 6.45) is 3.49. The van der Waals surface area contributed by atoms with E-state index in [4.69, 9.17) is 52.1 Å². The van der Waals surface area contributed by atoms with Crippen molar-refractivity contribution in [2.45, 2.75) is 77.4 Å². The van der Waals surface area contributed by atoms with Gasteiger partial charge in [-0.05, 0) is 131 Å². The minimum absolute atomic E-state index is 0.299. The number of hydrogen-bond acceptors (Lipinski definition) is 13. The highest BCUT2D eigenvalue weighted by Gasteiger charge is 2.48. The van der Waals surface area contributed by atoms with Crippen LogP contribution in [-0.4, -0.2) is 120 Å². The Kier molecular flexibility index (Phi) is 20.7. The largest absolute Gasteiger partial charge is 0.493 e. The van der Waals surface area contributed by atoms with E-state index in [-0.39, 0.29) is 0 Å². The summed E-state index contributed by atoms with van der Waals surface area (Å²) in [6.45, 7) is 15.2. The topological polar surface area (TPSA) is 108 Å². The van der Waals surface area contributed by atoms with E-state index in [0.29, 0.717) is 131 Å². The summed E-state index contributed by atoms with van der Waals surface area (Å²) in [5, 5.41) is 0. The molecule has 476 valence electrons. The standard InChI is InChI=1S/C78H88N2O11/c1-7-33-86-73-55-21-19-22-56(73)48-60-52-64(78(91-10-4)67-27-13-17-31-71(67)80(6)72-32-18-14-28-68(72)78)54-62-50-58-24-20-23-57(74(58)87-34-8-2)49-61-53-63(77(90-9-3)65-25-11-15-29-69(65)79(5)70-30-16-12-26-66(70)77)51-59(47-55)75(61)88-45-43-84-41-39-82-37-35-81-36-38-83-40-42-85-44-46-89-76(60)62/h11-32,51-54H,7-10,33-50H2,1-6H3. The lowest BCUT2D eigenvalue weighted by molar-refractivity contribution is -0.0142. The number of rotatable bonds is 12. The Hall–Kier alpha value is -7.72. The monoisotopic (exact) mass is 1230 g/mol. The number of para-hydroxylation sites is 6. The van der Waals surface area contributed by atoms with Gasteiger partial charge in [-0.1, -0.05) is 123 Å². The number of nitrogens with zero attached hydrogens (tertiary/aromatic N) is 2. The number of ether oxygens (including phenoxy) is 11. The third-order valence-electron chi connectivity index (χ3n) is 17.8. The summed E-state index contributed by atoms with van der Waals surface area (Å²) in [5.74, 6) is 3.25. The van der Waals surface area contributed by atoms with Crippen molar-refractivity contribution < 1.29 is 52.1 Å². The van der Waals surface area contributed by atoms with Gasteiger partial charge in [0, 0.05) is 98.0 Å². The molecule has 4 aliphatic rings. The lowest BCUT2D eigenvalue weighted by Gasteiger charge is -2.44. The SMILES string of the molecule is CCCOc1c2cccc1Cc1cc(C3(OCC)c4ccccc4N(C)c4ccccc43)cc3c1OCCOCCOCCOCCOCCOCCOc1c(cc(C4(OCC)c5ccccc5N(C)c5ccccc54)cc1Cc1cccc(c1OCCC)C3)C2. The summed E-state index contributed by atoms with van der Waals surface area (Å²) in [6, 6.07) is 57.3. The third kappa shape index (κ3) is 13.0. The minimum atomic E-state index is -1.02. The van der Waals surface area contributed by atoms with Crippen molar-refractivity contribution in [1.82, 2.24) is 0 Å². The molecule has 12 rings (SSSR count). The Labute approximate surface area is 538 Å². The smallest absolute Gasteiger partial charge is 0.147 e. The van der Waals surface area contributed by atoms with Gasteiger partial charge in [0.2, 0.25) is 0 Å². The molecule has 0 fully saturated rings. The quantitative estimate of drug-likeness (QED) is 0.116. The van der Waals surface area contributed by atoms with Crippen LogP contribution in [-0.2, 0) is 70.0 Å². The molecule has 10 bridgehead atoms. The lowest BCUT2D eigenvalue weighted by Crippen LogP contribution is -2.39. The van der Waals surface area contributed by atoms with Gasteiger partial charge >= 0.3 is 0 Å². The molecule has 8 aromatic rings. The number of benzene rings is 8. The Bertz CT molecular complexity index is 3340. The van der Waals surface area contributed by atoms with Gasteiger partial charge in [0.15, 0.2) is 0 Å². The zero-order chi connectivity index (χ0) is 62.6. The zero-order valence-electron chi connectivity index (χ0n) is 54.0. The van der Waals surface area contributed by atoms with E-state index in [0.717, 1.165) is 136 Å². The van der Waals surface area contributed by atoms with Crippen LogP contribution in [0.2, 0.25) is 0 Å².